The van der Waals surface area contributed by atoms with E-state index in [0.29, 0.717) is 0 Å². The summed E-state index contributed by atoms with van der Waals surface area (Å²) in [6.07, 6.45) is 2.73. The van der Waals surface area contributed by atoms with Gasteiger partial charge in [0.25, 0.3) is 0 Å². The highest BCUT2D eigenvalue weighted by atomic mass is 35.5. The van der Waals surface area contributed by atoms with E-state index in [1.54, 1.807) is 0 Å². The first-order valence-electron chi connectivity index (χ1n) is 4.52. The molecule has 1 aromatic rings. The van der Waals surface area contributed by atoms with Crippen molar-refractivity contribution < 1.29 is 9.90 Å². The molecule has 1 heterocycles. The molecule has 4 heteroatoms. The lowest BCUT2D eigenvalue weighted by molar-refractivity contribution is 0.0695. The molecule has 3 nitrogen and oxygen atoms in total. The van der Waals surface area contributed by atoms with Gasteiger partial charge in [0, 0.05) is 5.69 Å². The molecule has 0 amide bonds. The minimum Gasteiger partial charge on any atom is -0.478 e. The summed E-state index contributed by atoms with van der Waals surface area (Å²) in [4.78, 5) is 15.0. The van der Waals surface area contributed by atoms with E-state index in [9.17, 15) is 4.79 Å². The second-order valence-electron chi connectivity index (χ2n) is 3.48. The minimum atomic E-state index is -0.972. The first-order chi connectivity index (χ1) is 6.61. The largest absolute Gasteiger partial charge is 0.478 e. The van der Waals surface area contributed by atoms with E-state index in [2.05, 4.69) is 4.98 Å². The zero-order valence-corrected chi connectivity index (χ0v) is 8.56. The number of hydrogen-bond acceptors (Lipinski definition) is 2. The Morgan fingerprint density at radius 2 is 2.07 bits per heavy atom. The Balaban J connectivity index is 2.72. The molecule has 0 bridgehead atoms. The van der Waals surface area contributed by atoms with Crippen molar-refractivity contribution in [2.45, 2.75) is 26.2 Å². The Hall–Kier alpha value is -1.09. The number of pyridine rings is 1. The first kappa shape index (κ1) is 9.46. The van der Waals surface area contributed by atoms with Gasteiger partial charge in [-0.3, -0.25) is 0 Å². The lowest BCUT2D eigenvalue weighted by atomic mass is 10.0. The first-order valence-corrected chi connectivity index (χ1v) is 4.90. The molecule has 0 saturated carbocycles. The van der Waals surface area contributed by atoms with Crippen LogP contribution in [0.25, 0.3) is 0 Å². The average molecular weight is 212 g/mol. The summed E-state index contributed by atoms with van der Waals surface area (Å²) >= 11 is 5.82. The highest BCUT2D eigenvalue weighted by Gasteiger charge is 2.24. The van der Waals surface area contributed by atoms with Gasteiger partial charge in [-0.15, -0.1) is 0 Å². The van der Waals surface area contributed by atoms with Crippen LogP contribution < -0.4 is 0 Å². The Morgan fingerprint density at radius 1 is 1.43 bits per heavy atom. The number of rotatable bonds is 1. The monoisotopic (exact) mass is 211 g/mol. The molecular formula is C10H10ClNO2. The molecule has 0 aliphatic heterocycles. The maximum Gasteiger partial charge on any atom is 0.339 e. The van der Waals surface area contributed by atoms with Crippen LogP contribution in [0.3, 0.4) is 0 Å². The molecule has 0 spiro atoms. The summed E-state index contributed by atoms with van der Waals surface area (Å²) < 4.78 is 0. The van der Waals surface area contributed by atoms with Crippen molar-refractivity contribution >= 4 is 17.6 Å². The molecule has 0 saturated heterocycles. The van der Waals surface area contributed by atoms with Crippen molar-refractivity contribution in [2.75, 3.05) is 0 Å². The number of carbonyl (C=O) groups is 1. The lowest BCUT2D eigenvalue weighted by Gasteiger charge is -2.08. The number of carboxylic acids is 1. The number of aromatic carboxylic acids is 1. The summed E-state index contributed by atoms with van der Waals surface area (Å²) in [7, 11) is 0. The van der Waals surface area contributed by atoms with Crippen molar-refractivity contribution in [3.8, 4) is 0 Å². The number of carboxylic acid groups (broad SMARTS) is 1. The number of halogens is 1. The Kier molecular flexibility index (Phi) is 2.19. The second-order valence-corrected chi connectivity index (χ2v) is 3.84. The molecular weight excluding hydrogens is 202 g/mol. The van der Waals surface area contributed by atoms with Gasteiger partial charge in [0.15, 0.2) is 0 Å². The fourth-order valence-corrected chi connectivity index (χ4v) is 2.35. The smallest absolute Gasteiger partial charge is 0.339 e. The van der Waals surface area contributed by atoms with Gasteiger partial charge in [-0.25, -0.2) is 9.78 Å². The number of fused-ring (bicyclic) bond motifs is 1. The van der Waals surface area contributed by atoms with Gasteiger partial charge < -0.3 is 5.11 Å². The van der Waals surface area contributed by atoms with Gasteiger partial charge in [-0.05, 0) is 37.3 Å². The van der Waals surface area contributed by atoms with Crippen molar-refractivity contribution in [1.82, 2.24) is 4.98 Å². The Morgan fingerprint density at radius 3 is 2.71 bits per heavy atom. The summed E-state index contributed by atoms with van der Waals surface area (Å²) in [5.74, 6) is -0.972. The maximum atomic E-state index is 11.0. The number of nitrogens with zero attached hydrogens (tertiary/aromatic N) is 1. The molecule has 1 N–H and O–H groups in total. The topological polar surface area (TPSA) is 50.2 Å². The van der Waals surface area contributed by atoms with E-state index in [1.165, 1.54) is 0 Å². The molecule has 0 fully saturated rings. The average Bonchev–Trinajstić information content (AvgIpc) is 2.51. The molecule has 0 unspecified atom stereocenters. The van der Waals surface area contributed by atoms with E-state index < -0.39 is 5.97 Å². The summed E-state index contributed by atoms with van der Waals surface area (Å²) in [6, 6.07) is 0. The van der Waals surface area contributed by atoms with Crippen LogP contribution in [0.1, 0.15) is 33.6 Å². The third kappa shape index (κ3) is 1.28. The molecule has 2 rings (SSSR count). The van der Waals surface area contributed by atoms with E-state index in [4.69, 9.17) is 16.7 Å². The van der Waals surface area contributed by atoms with Gasteiger partial charge in [0.05, 0.1) is 0 Å². The number of aryl methyl sites for hydroxylation is 1. The fraction of sp³-hybridized carbons (Fsp3) is 0.400. The van der Waals surface area contributed by atoms with Crippen LogP contribution in [0, 0.1) is 6.92 Å². The maximum absolute atomic E-state index is 11.0. The second kappa shape index (κ2) is 3.24. The quantitative estimate of drug-likeness (QED) is 0.725. The number of hydrogen-bond donors (Lipinski definition) is 1. The zero-order chi connectivity index (χ0) is 10.3. The van der Waals surface area contributed by atoms with Crippen molar-refractivity contribution in [3.05, 3.63) is 27.5 Å². The van der Waals surface area contributed by atoms with Crippen molar-refractivity contribution in [1.29, 1.82) is 0 Å². The normalized spacial score (nSPS) is 14.1. The van der Waals surface area contributed by atoms with Gasteiger partial charge in [0.2, 0.25) is 0 Å². The highest BCUT2D eigenvalue weighted by molar-refractivity contribution is 6.32. The lowest BCUT2D eigenvalue weighted by Crippen LogP contribution is -2.06. The Labute approximate surface area is 86.7 Å². The predicted octanol–water partition coefficient (Wildman–Crippen LogP) is 2.23. The molecule has 0 atom stereocenters. The van der Waals surface area contributed by atoms with Crippen LogP contribution in [-0.4, -0.2) is 16.1 Å². The standard InChI is InChI=1S/C10H10ClNO2/c1-5-6-3-2-4-7(6)8(10(13)14)9(11)12-5/h2-4H2,1H3,(H,13,14). The SMILES string of the molecule is Cc1nc(Cl)c(C(=O)O)c2c1CCC2. The van der Waals surface area contributed by atoms with Gasteiger partial charge in [-0.1, -0.05) is 11.6 Å². The zero-order valence-electron chi connectivity index (χ0n) is 7.80. The summed E-state index contributed by atoms with van der Waals surface area (Å²) in [5.41, 5.74) is 3.03. The van der Waals surface area contributed by atoms with Crippen LogP contribution in [0.5, 0.6) is 0 Å². The molecule has 74 valence electrons. The van der Waals surface area contributed by atoms with Crippen LogP contribution >= 0.6 is 11.6 Å². The van der Waals surface area contributed by atoms with Crippen LogP contribution in [-0.2, 0) is 12.8 Å². The van der Waals surface area contributed by atoms with E-state index in [-0.39, 0.29) is 10.7 Å². The summed E-state index contributed by atoms with van der Waals surface area (Å²) in [5, 5.41) is 9.12. The highest BCUT2D eigenvalue weighted by Crippen LogP contribution is 2.30. The molecule has 1 aliphatic carbocycles. The van der Waals surface area contributed by atoms with Gasteiger partial charge >= 0.3 is 5.97 Å². The van der Waals surface area contributed by atoms with Crippen LogP contribution in [0.2, 0.25) is 5.15 Å². The molecule has 14 heavy (non-hydrogen) atoms. The van der Waals surface area contributed by atoms with E-state index >= 15 is 0 Å². The molecule has 1 aliphatic rings. The van der Waals surface area contributed by atoms with Crippen molar-refractivity contribution in [2.24, 2.45) is 0 Å². The third-order valence-corrected chi connectivity index (χ3v) is 2.92. The van der Waals surface area contributed by atoms with E-state index in [0.717, 1.165) is 36.1 Å². The molecule has 0 aromatic carbocycles. The van der Waals surface area contributed by atoms with Crippen LogP contribution in [0.15, 0.2) is 0 Å². The van der Waals surface area contributed by atoms with Crippen LogP contribution in [0.4, 0.5) is 0 Å². The van der Waals surface area contributed by atoms with Gasteiger partial charge in [0.1, 0.15) is 10.7 Å². The fourth-order valence-electron chi connectivity index (χ4n) is 2.03. The number of aromatic nitrogens is 1. The Bertz CT molecular complexity index is 415. The van der Waals surface area contributed by atoms with Gasteiger partial charge in [-0.2, -0.15) is 0 Å². The van der Waals surface area contributed by atoms with Crippen molar-refractivity contribution in [3.63, 3.8) is 0 Å². The molecule has 1 aromatic heterocycles. The minimum absolute atomic E-state index is 0.121. The predicted molar refractivity (Wildman–Crippen MR) is 53.0 cm³/mol. The summed E-state index contributed by atoms with van der Waals surface area (Å²) in [6.45, 7) is 1.88. The van der Waals surface area contributed by atoms with E-state index in [1.807, 2.05) is 6.92 Å². The third-order valence-electron chi connectivity index (χ3n) is 2.64. The molecule has 0 radical (unpaired) electrons.